The molecule has 0 aromatic heterocycles. The fourth-order valence-electron chi connectivity index (χ4n) is 3.55. The number of nitrogens with one attached hydrogen (secondary N) is 2. The highest BCUT2D eigenvalue weighted by Crippen LogP contribution is 2.21. The lowest BCUT2D eigenvalue weighted by Gasteiger charge is -2.26. The minimum Gasteiger partial charge on any atom is -0.379 e. The number of nitrogens with zero attached hydrogens (tertiary/aromatic N) is 2. The number of carbonyl (C=O) groups is 1. The molecule has 0 spiro atoms. The Kier molecular flexibility index (Phi) is 7.73. The van der Waals surface area contributed by atoms with Gasteiger partial charge in [-0.15, -0.1) is 0 Å². The Balaban J connectivity index is 1.35. The Labute approximate surface area is 156 Å². The molecule has 2 fully saturated rings. The van der Waals surface area contributed by atoms with Crippen molar-refractivity contribution < 1.29 is 9.53 Å². The molecule has 1 aromatic carbocycles. The van der Waals surface area contributed by atoms with Crippen LogP contribution in [0.15, 0.2) is 24.3 Å². The van der Waals surface area contributed by atoms with E-state index in [1.807, 2.05) is 12.1 Å². The molecule has 2 heterocycles. The van der Waals surface area contributed by atoms with E-state index in [2.05, 4.69) is 32.6 Å². The standard InChI is InChI=1S/C20H32N4O2/c25-20(17-21-9-12-23-13-15-26-16-14-23)22-18-5-7-19(8-6-18)24-10-3-1-2-4-11-24/h5-8,21H,1-4,9-17H2,(H,22,25). The van der Waals surface area contributed by atoms with Gasteiger partial charge in [-0.2, -0.15) is 0 Å². The van der Waals surface area contributed by atoms with Crippen LogP contribution < -0.4 is 15.5 Å². The lowest BCUT2D eigenvalue weighted by molar-refractivity contribution is -0.115. The van der Waals surface area contributed by atoms with E-state index >= 15 is 0 Å². The summed E-state index contributed by atoms with van der Waals surface area (Å²) in [5.74, 6) is 0.00880. The van der Waals surface area contributed by atoms with Crippen LogP contribution in [0.2, 0.25) is 0 Å². The van der Waals surface area contributed by atoms with Crippen molar-refractivity contribution in [1.82, 2.24) is 10.2 Å². The lowest BCUT2D eigenvalue weighted by Crippen LogP contribution is -2.41. The lowest BCUT2D eigenvalue weighted by atomic mass is 10.2. The van der Waals surface area contributed by atoms with Crippen molar-refractivity contribution in [3.63, 3.8) is 0 Å². The summed E-state index contributed by atoms with van der Waals surface area (Å²) in [5.41, 5.74) is 2.12. The van der Waals surface area contributed by atoms with E-state index in [0.717, 1.165) is 58.2 Å². The third kappa shape index (κ3) is 6.27. The minimum atomic E-state index is 0.00880. The Hall–Kier alpha value is -1.63. The summed E-state index contributed by atoms with van der Waals surface area (Å²) in [6.45, 7) is 7.99. The molecule has 0 unspecified atom stereocenters. The maximum atomic E-state index is 12.1. The molecule has 2 saturated heterocycles. The van der Waals surface area contributed by atoms with E-state index in [9.17, 15) is 4.79 Å². The second-order valence-electron chi connectivity index (χ2n) is 7.13. The van der Waals surface area contributed by atoms with Crippen molar-refractivity contribution in [2.24, 2.45) is 0 Å². The van der Waals surface area contributed by atoms with Gasteiger partial charge in [0.05, 0.1) is 19.8 Å². The van der Waals surface area contributed by atoms with E-state index in [1.54, 1.807) is 0 Å². The van der Waals surface area contributed by atoms with E-state index in [1.165, 1.54) is 31.4 Å². The van der Waals surface area contributed by atoms with Crippen molar-refractivity contribution >= 4 is 17.3 Å². The molecule has 0 atom stereocenters. The van der Waals surface area contributed by atoms with Gasteiger partial charge in [-0.1, -0.05) is 12.8 Å². The smallest absolute Gasteiger partial charge is 0.238 e. The Morgan fingerprint density at radius 1 is 0.962 bits per heavy atom. The molecule has 6 heteroatoms. The summed E-state index contributed by atoms with van der Waals surface area (Å²) in [4.78, 5) is 16.9. The average Bonchev–Trinajstić information content (AvgIpc) is 2.96. The van der Waals surface area contributed by atoms with Gasteiger partial charge in [0.25, 0.3) is 0 Å². The van der Waals surface area contributed by atoms with Crippen molar-refractivity contribution in [2.75, 3.05) is 69.2 Å². The van der Waals surface area contributed by atoms with Crippen LogP contribution in [0.25, 0.3) is 0 Å². The predicted octanol–water partition coefficient (Wildman–Crippen LogP) is 1.93. The summed E-state index contributed by atoms with van der Waals surface area (Å²) >= 11 is 0. The van der Waals surface area contributed by atoms with Crippen LogP contribution >= 0.6 is 0 Å². The number of ether oxygens (including phenoxy) is 1. The summed E-state index contributed by atoms with van der Waals surface area (Å²) in [6, 6.07) is 8.25. The first-order chi connectivity index (χ1) is 12.8. The van der Waals surface area contributed by atoms with Crippen molar-refractivity contribution in [1.29, 1.82) is 0 Å². The van der Waals surface area contributed by atoms with Gasteiger partial charge in [-0.3, -0.25) is 9.69 Å². The zero-order valence-corrected chi connectivity index (χ0v) is 15.7. The average molecular weight is 361 g/mol. The van der Waals surface area contributed by atoms with Gasteiger partial charge in [-0.25, -0.2) is 0 Å². The first kappa shape index (κ1) is 19.1. The molecule has 144 valence electrons. The number of rotatable bonds is 7. The fourth-order valence-corrected chi connectivity index (χ4v) is 3.55. The number of morpholine rings is 1. The SMILES string of the molecule is O=C(CNCCN1CCOCC1)Nc1ccc(N2CCCCCC2)cc1. The van der Waals surface area contributed by atoms with Crippen LogP contribution in [0.3, 0.4) is 0 Å². The molecule has 0 aliphatic carbocycles. The molecule has 3 rings (SSSR count). The molecule has 0 bridgehead atoms. The quantitative estimate of drug-likeness (QED) is 0.728. The summed E-state index contributed by atoms with van der Waals surface area (Å²) in [6.07, 6.45) is 5.22. The molecule has 1 aromatic rings. The molecule has 0 radical (unpaired) electrons. The van der Waals surface area contributed by atoms with E-state index in [0.29, 0.717) is 6.54 Å². The van der Waals surface area contributed by atoms with Gasteiger partial charge in [0.1, 0.15) is 0 Å². The number of hydrogen-bond acceptors (Lipinski definition) is 5. The molecule has 6 nitrogen and oxygen atoms in total. The van der Waals surface area contributed by atoms with Gasteiger partial charge in [-0.05, 0) is 37.1 Å². The zero-order valence-electron chi connectivity index (χ0n) is 15.7. The first-order valence-electron chi connectivity index (χ1n) is 9.97. The molecule has 2 aliphatic heterocycles. The van der Waals surface area contributed by atoms with Crippen molar-refractivity contribution in [3.8, 4) is 0 Å². The van der Waals surface area contributed by atoms with Gasteiger partial charge in [0.15, 0.2) is 0 Å². The van der Waals surface area contributed by atoms with E-state index < -0.39 is 0 Å². The molecule has 0 saturated carbocycles. The number of carbonyl (C=O) groups excluding carboxylic acids is 1. The molecule has 26 heavy (non-hydrogen) atoms. The topological polar surface area (TPSA) is 56.8 Å². The van der Waals surface area contributed by atoms with Crippen LogP contribution in [0.4, 0.5) is 11.4 Å². The minimum absolute atomic E-state index is 0.00880. The molecule has 2 aliphatic rings. The van der Waals surface area contributed by atoms with Gasteiger partial charge >= 0.3 is 0 Å². The molecule has 1 amide bonds. The second-order valence-corrected chi connectivity index (χ2v) is 7.13. The predicted molar refractivity (Wildman–Crippen MR) is 106 cm³/mol. The van der Waals surface area contributed by atoms with Crippen LogP contribution in [-0.2, 0) is 9.53 Å². The zero-order chi connectivity index (χ0) is 18.0. The number of amides is 1. The van der Waals surface area contributed by atoms with E-state index in [4.69, 9.17) is 4.74 Å². The summed E-state index contributed by atoms with van der Waals surface area (Å²) in [5, 5.41) is 6.19. The van der Waals surface area contributed by atoms with Crippen LogP contribution in [0.1, 0.15) is 25.7 Å². The maximum absolute atomic E-state index is 12.1. The fraction of sp³-hybridized carbons (Fsp3) is 0.650. The molecular weight excluding hydrogens is 328 g/mol. The van der Waals surface area contributed by atoms with E-state index in [-0.39, 0.29) is 5.91 Å². The van der Waals surface area contributed by atoms with Crippen LogP contribution in [-0.4, -0.2) is 69.8 Å². The normalized spacial score (nSPS) is 19.2. The Morgan fingerprint density at radius 3 is 2.35 bits per heavy atom. The molecular formula is C20H32N4O2. The largest absolute Gasteiger partial charge is 0.379 e. The van der Waals surface area contributed by atoms with Crippen LogP contribution in [0.5, 0.6) is 0 Å². The third-order valence-electron chi connectivity index (χ3n) is 5.12. The van der Waals surface area contributed by atoms with Gasteiger partial charge in [0, 0.05) is 50.6 Å². The van der Waals surface area contributed by atoms with Crippen molar-refractivity contribution in [2.45, 2.75) is 25.7 Å². The second kappa shape index (κ2) is 10.5. The Bertz CT molecular complexity index is 535. The third-order valence-corrected chi connectivity index (χ3v) is 5.12. The maximum Gasteiger partial charge on any atom is 0.238 e. The summed E-state index contributed by atoms with van der Waals surface area (Å²) < 4.78 is 5.33. The number of hydrogen-bond donors (Lipinski definition) is 2. The highest BCUT2D eigenvalue weighted by Gasteiger charge is 2.11. The van der Waals surface area contributed by atoms with Gasteiger partial charge < -0.3 is 20.3 Å². The first-order valence-corrected chi connectivity index (χ1v) is 9.97. The van der Waals surface area contributed by atoms with Crippen molar-refractivity contribution in [3.05, 3.63) is 24.3 Å². The Morgan fingerprint density at radius 2 is 1.65 bits per heavy atom. The highest BCUT2D eigenvalue weighted by atomic mass is 16.5. The summed E-state index contributed by atoms with van der Waals surface area (Å²) in [7, 11) is 0. The number of anilines is 2. The number of benzene rings is 1. The van der Waals surface area contributed by atoms with Gasteiger partial charge in [0.2, 0.25) is 5.91 Å². The molecule has 2 N–H and O–H groups in total. The monoisotopic (exact) mass is 360 g/mol. The highest BCUT2D eigenvalue weighted by molar-refractivity contribution is 5.92. The van der Waals surface area contributed by atoms with Crippen LogP contribution in [0, 0.1) is 0 Å².